The Kier molecular flexibility index (Phi) is 6.21. The molecule has 3 heterocycles. The van der Waals surface area contributed by atoms with Crippen molar-refractivity contribution in [2.75, 3.05) is 13.7 Å². The highest BCUT2D eigenvalue weighted by molar-refractivity contribution is 9.10. The summed E-state index contributed by atoms with van der Waals surface area (Å²) < 4.78 is 13.6. The van der Waals surface area contributed by atoms with E-state index in [4.69, 9.17) is 9.47 Å². The number of esters is 1. The third-order valence-corrected chi connectivity index (χ3v) is 7.52. The number of hydrogen-bond acceptors (Lipinski definition) is 6. The van der Waals surface area contributed by atoms with Gasteiger partial charge in [0.1, 0.15) is 5.75 Å². The summed E-state index contributed by atoms with van der Waals surface area (Å²) in [5, 5.41) is 1.03. The highest BCUT2D eigenvalue weighted by atomic mass is 79.9. The molecule has 1 atom stereocenters. The minimum atomic E-state index is -0.683. The van der Waals surface area contributed by atoms with Crippen LogP contribution in [0.15, 0.2) is 74.2 Å². The zero-order valence-electron chi connectivity index (χ0n) is 19.3. The molecule has 1 aliphatic heterocycles. The molecule has 1 aliphatic rings. The van der Waals surface area contributed by atoms with E-state index in [1.165, 1.54) is 11.3 Å². The minimum Gasteiger partial charge on any atom is -0.496 e. The highest BCUT2D eigenvalue weighted by Crippen LogP contribution is 2.35. The second kappa shape index (κ2) is 9.31. The van der Waals surface area contributed by atoms with Crippen LogP contribution in [0.3, 0.4) is 0 Å². The van der Waals surface area contributed by atoms with Crippen molar-refractivity contribution in [1.29, 1.82) is 0 Å². The molecular weight excluding hydrogens is 530 g/mol. The molecule has 178 valence electrons. The smallest absolute Gasteiger partial charge is 0.338 e. The van der Waals surface area contributed by atoms with Crippen molar-refractivity contribution in [3.63, 3.8) is 0 Å². The van der Waals surface area contributed by atoms with Crippen molar-refractivity contribution in [3.05, 3.63) is 95.2 Å². The number of fused-ring (bicyclic) bond motifs is 2. The normalized spacial score (nSPS) is 15.8. The first kappa shape index (κ1) is 23.3. The van der Waals surface area contributed by atoms with Crippen LogP contribution in [-0.2, 0) is 9.53 Å². The van der Waals surface area contributed by atoms with Gasteiger partial charge in [0.05, 0.1) is 40.0 Å². The van der Waals surface area contributed by atoms with Crippen LogP contribution in [0.4, 0.5) is 0 Å². The van der Waals surface area contributed by atoms with Gasteiger partial charge in [-0.25, -0.2) is 9.79 Å². The number of hydrogen-bond donors (Lipinski definition) is 1. The zero-order valence-corrected chi connectivity index (χ0v) is 21.7. The van der Waals surface area contributed by atoms with Gasteiger partial charge in [0.25, 0.3) is 5.56 Å². The Morgan fingerprint density at radius 1 is 1.29 bits per heavy atom. The molecule has 0 saturated carbocycles. The molecule has 0 radical (unpaired) electrons. The SMILES string of the molecule is CCOC(=O)C1=C(C)N=c2s/c(=C/c3c[nH]c4ccccc34)c(=O)n2C1c1ccc(OC)c(Br)c1. The highest BCUT2D eigenvalue weighted by Gasteiger charge is 2.33. The van der Waals surface area contributed by atoms with Crippen LogP contribution >= 0.6 is 27.3 Å². The molecule has 0 spiro atoms. The number of halogens is 1. The Morgan fingerprint density at radius 3 is 2.83 bits per heavy atom. The lowest BCUT2D eigenvalue weighted by molar-refractivity contribution is -0.139. The number of benzene rings is 2. The summed E-state index contributed by atoms with van der Waals surface area (Å²) in [4.78, 5) is 35.2. The van der Waals surface area contributed by atoms with Gasteiger partial charge >= 0.3 is 5.97 Å². The molecule has 0 saturated heterocycles. The number of allylic oxidation sites excluding steroid dienone is 1. The molecule has 2 aromatic heterocycles. The first-order chi connectivity index (χ1) is 16.9. The number of carbonyl (C=O) groups excluding carboxylic acids is 1. The minimum absolute atomic E-state index is 0.217. The zero-order chi connectivity index (χ0) is 24.7. The summed E-state index contributed by atoms with van der Waals surface area (Å²) in [7, 11) is 1.58. The van der Waals surface area contributed by atoms with E-state index in [9.17, 15) is 9.59 Å². The Labute approximate surface area is 213 Å². The van der Waals surface area contributed by atoms with Gasteiger partial charge in [0.15, 0.2) is 4.80 Å². The van der Waals surface area contributed by atoms with Crippen LogP contribution in [0, 0.1) is 0 Å². The van der Waals surface area contributed by atoms with Crippen molar-refractivity contribution in [2.24, 2.45) is 4.99 Å². The lowest BCUT2D eigenvalue weighted by Gasteiger charge is -2.25. The molecule has 4 aromatic rings. The molecule has 0 bridgehead atoms. The molecule has 1 N–H and O–H groups in total. The number of ether oxygens (including phenoxy) is 2. The maximum absolute atomic E-state index is 13.8. The molecule has 0 fully saturated rings. The van der Waals surface area contributed by atoms with Crippen LogP contribution in [0.25, 0.3) is 17.0 Å². The summed E-state index contributed by atoms with van der Waals surface area (Å²) >= 11 is 4.83. The second-order valence-corrected chi connectivity index (χ2v) is 9.85. The number of carbonyl (C=O) groups is 1. The van der Waals surface area contributed by atoms with Gasteiger partial charge in [-0.1, -0.05) is 35.6 Å². The summed E-state index contributed by atoms with van der Waals surface area (Å²) in [6.45, 7) is 3.75. The molecule has 5 rings (SSSR count). The van der Waals surface area contributed by atoms with Gasteiger partial charge in [-0.15, -0.1) is 0 Å². The summed E-state index contributed by atoms with van der Waals surface area (Å²) in [5.74, 6) is 0.162. The number of para-hydroxylation sites is 1. The van der Waals surface area contributed by atoms with Crippen molar-refractivity contribution in [3.8, 4) is 5.75 Å². The average molecular weight is 552 g/mol. The standard InChI is InChI=1S/C26H22BrN3O4S/c1-4-34-25(32)22-14(2)29-26-30(23(22)15-9-10-20(33-3)18(27)11-15)24(31)21(35-26)12-16-13-28-19-8-6-5-7-17(16)19/h5-13,23,28H,4H2,1-3H3/b21-12+. The van der Waals surface area contributed by atoms with E-state index in [2.05, 4.69) is 25.9 Å². The first-order valence-corrected chi connectivity index (χ1v) is 12.6. The Morgan fingerprint density at radius 2 is 2.09 bits per heavy atom. The topological polar surface area (TPSA) is 85.7 Å². The van der Waals surface area contributed by atoms with E-state index in [1.807, 2.05) is 48.7 Å². The Bertz CT molecular complexity index is 1680. The van der Waals surface area contributed by atoms with E-state index >= 15 is 0 Å². The fourth-order valence-corrected chi connectivity index (χ4v) is 5.91. The van der Waals surface area contributed by atoms with Gasteiger partial charge in [0, 0.05) is 22.7 Å². The Balaban J connectivity index is 1.74. The van der Waals surface area contributed by atoms with E-state index in [0.29, 0.717) is 26.4 Å². The molecule has 0 amide bonds. The number of thiazole rings is 1. The fraction of sp³-hybridized carbons (Fsp3) is 0.192. The van der Waals surface area contributed by atoms with E-state index in [1.54, 1.807) is 31.6 Å². The third kappa shape index (κ3) is 4.04. The lowest BCUT2D eigenvalue weighted by Crippen LogP contribution is -2.39. The predicted octanol–water partition coefficient (Wildman–Crippen LogP) is 4.05. The number of nitrogens with one attached hydrogen (secondary N) is 1. The summed E-state index contributed by atoms with van der Waals surface area (Å²) in [6, 6.07) is 12.8. The number of methoxy groups -OCH3 is 1. The quantitative estimate of drug-likeness (QED) is 0.379. The number of nitrogens with zero attached hydrogens (tertiary/aromatic N) is 2. The van der Waals surface area contributed by atoms with Gasteiger partial charge in [-0.2, -0.15) is 0 Å². The molecule has 1 unspecified atom stereocenters. The fourth-order valence-electron chi connectivity index (χ4n) is 4.31. The molecule has 0 aliphatic carbocycles. The molecular formula is C26H22BrN3O4S. The third-order valence-electron chi connectivity index (χ3n) is 5.92. The lowest BCUT2D eigenvalue weighted by atomic mass is 9.96. The van der Waals surface area contributed by atoms with Gasteiger partial charge in [-0.05, 0) is 59.6 Å². The summed E-state index contributed by atoms with van der Waals surface area (Å²) in [6.07, 6.45) is 3.75. The van der Waals surface area contributed by atoms with Crippen LogP contribution in [0.1, 0.15) is 31.0 Å². The largest absolute Gasteiger partial charge is 0.496 e. The first-order valence-electron chi connectivity index (χ1n) is 11.0. The molecule has 7 nitrogen and oxygen atoms in total. The van der Waals surface area contributed by atoms with Gasteiger partial charge < -0.3 is 14.5 Å². The molecule has 9 heteroatoms. The van der Waals surface area contributed by atoms with E-state index < -0.39 is 12.0 Å². The number of rotatable bonds is 5. The molecule has 35 heavy (non-hydrogen) atoms. The van der Waals surface area contributed by atoms with Crippen LogP contribution in [0.2, 0.25) is 0 Å². The summed E-state index contributed by atoms with van der Waals surface area (Å²) in [5.41, 5.74) is 3.30. The van der Waals surface area contributed by atoms with Crippen molar-refractivity contribution in [1.82, 2.24) is 9.55 Å². The van der Waals surface area contributed by atoms with Crippen LogP contribution in [-0.4, -0.2) is 29.2 Å². The van der Waals surface area contributed by atoms with Crippen molar-refractivity contribution in [2.45, 2.75) is 19.9 Å². The second-order valence-electron chi connectivity index (χ2n) is 7.99. The number of aromatic nitrogens is 2. The van der Waals surface area contributed by atoms with Gasteiger partial charge in [-0.3, -0.25) is 9.36 Å². The monoisotopic (exact) mass is 551 g/mol. The number of aromatic amines is 1. The van der Waals surface area contributed by atoms with Crippen LogP contribution in [0.5, 0.6) is 5.75 Å². The van der Waals surface area contributed by atoms with Crippen LogP contribution < -0.4 is 19.6 Å². The maximum atomic E-state index is 13.8. The predicted molar refractivity (Wildman–Crippen MR) is 139 cm³/mol. The Hall–Kier alpha value is -3.43. The van der Waals surface area contributed by atoms with Crippen molar-refractivity contribution < 1.29 is 14.3 Å². The maximum Gasteiger partial charge on any atom is 0.338 e. The average Bonchev–Trinajstić information content (AvgIpc) is 3.39. The van der Waals surface area contributed by atoms with Crippen molar-refractivity contribution >= 4 is 50.2 Å². The molecule has 2 aromatic carbocycles. The van der Waals surface area contributed by atoms with E-state index in [-0.39, 0.29) is 12.2 Å². The van der Waals surface area contributed by atoms with Gasteiger partial charge in [0.2, 0.25) is 0 Å². The van der Waals surface area contributed by atoms with E-state index in [0.717, 1.165) is 26.5 Å². The number of H-pyrrole nitrogens is 1.